The lowest BCUT2D eigenvalue weighted by molar-refractivity contribution is 0.967. The highest BCUT2D eigenvalue weighted by molar-refractivity contribution is 5.34. The molecule has 0 unspecified atom stereocenters. The smallest absolute Gasteiger partial charge is 0.129 e. The summed E-state index contributed by atoms with van der Waals surface area (Å²) in [5, 5.41) is 3.20. The van der Waals surface area contributed by atoms with Gasteiger partial charge in [0.2, 0.25) is 0 Å². The Kier molecular flexibility index (Phi) is 2.85. The molecule has 84 valence electrons. The van der Waals surface area contributed by atoms with Gasteiger partial charge in [-0.25, -0.2) is 15.0 Å². The molecule has 0 aliphatic carbocycles. The molecule has 0 bridgehead atoms. The normalized spacial score (nSPS) is 10.4. The summed E-state index contributed by atoms with van der Waals surface area (Å²) in [5.41, 5.74) is 3.09. The third-order valence-corrected chi connectivity index (χ3v) is 2.42. The Morgan fingerprint density at radius 1 is 1.25 bits per heavy atom. The maximum absolute atomic E-state index is 4.39. The minimum Gasteiger partial charge on any atom is -0.363 e. The number of aromatic amines is 1. The Morgan fingerprint density at radius 3 is 2.69 bits per heavy atom. The van der Waals surface area contributed by atoms with Crippen molar-refractivity contribution in [2.24, 2.45) is 0 Å². The molecular weight excluding hydrogens is 202 g/mol. The van der Waals surface area contributed by atoms with Crippen LogP contribution in [0.15, 0.2) is 12.4 Å². The van der Waals surface area contributed by atoms with Crippen LogP contribution >= 0.6 is 0 Å². The van der Waals surface area contributed by atoms with Crippen molar-refractivity contribution in [2.45, 2.75) is 27.3 Å². The Bertz CT molecular complexity index is 469. The van der Waals surface area contributed by atoms with E-state index >= 15 is 0 Å². The molecule has 2 aromatic heterocycles. The number of aryl methyl sites for hydroxylation is 3. The summed E-state index contributed by atoms with van der Waals surface area (Å²) in [6, 6.07) is 1.91. The molecule has 0 saturated heterocycles. The van der Waals surface area contributed by atoms with Gasteiger partial charge in [0.1, 0.15) is 18.0 Å². The van der Waals surface area contributed by atoms with E-state index in [4.69, 9.17) is 0 Å². The topological polar surface area (TPSA) is 66.5 Å². The molecule has 5 heteroatoms. The molecule has 16 heavy (non-hydrogen) atoms. The molecule has 0 aliphatic heterocycles. The molecule has 0 atom stereocenters. The van der Waals surface area contributed by atoms with Crippen LogP contribution in [0.4, 0.5) is 5.82 Å². The van der Waals surface area contributed by atoms with E-state index in [0.717, 1.165) is 28.7 Å². The largest absolute Gasteiger partial charge is 0.363 e. The van der Waals surface area contributed by atoms with Gasteiger partial charge in [0.05, 0.1) is 12.2 Å². The molecule has 5 nitrogen and oxygen atoms in total. The Morgan fingerprint density at radius 2 is 2.06 bits per heavy atom. The first kappa shape index (κ1) is 10.6. The Labute approximate surface area is 94.4 Å². The molecule has 2 N–H and O–H groups in total. The lowest BCUT2D eigenvalue weighted by atomic mass is 10.4. The lowest BCUT2D eigenvalue weighted by Gasteiger charge is -2.03. The number of anilines is 1. The first-order chi connectivity index (χ1) is 7.65. The van der Waals surface area contributed by atoms with E-state index in [-0.39, 0.29) is 0 Å². The minimum atomic E-state index is 0.644. The molecule has 2 aromatic rings. The van der Waals surface area contributed by atoms with Gasteiger partial charge in [0.25, 0.3) is 0 Å². The van der Waals surface area contributed by atoms with Crippen molar-refractivity contribution in [3.63, 3.8) is 0 Å². The predicted molar refractivity (Wildman–Crippen MR) is 62.2 cm³/mol. The van der Waals surface area contributed by atoms with Gasteiger partial charge in [-0.1, -0.05) is 0 Å². The SMILES string of the molecule is Cc1cc(NCc2nc(C)c(C)[nH]2)ncn1. The van der Waals surface area contributed by atoms with Crippen LogP contribution in [0, 0.1) is 20.8 Å². The number of hydrogen-bond donors (Lipinski definition) is 2. The van der Waals surface area contributed by atoms with E-state index in [0.29, 0.717) is 6.54 Å². The van der Waals surface area contributed by atoms with E-state index in [9.17, 15) is 0 Å². The summed E-state index contributed by atoms with van der Waals surface area (Å²) < 4.78 is 0. The molecule has 2 rings (SSSR count). The summed E-state index contributed by atoms with van der Waals surface area (Å²) in [4.78, 5) is 15.8. The third-order valence-electron chi connectivity index (χ3n) is 2.42. The average molecular weight is 217 g/mol. The number of aromatic nitrogens is 4. The minimum absolute atomic E-state index is 0.644. The maximum atomic E-state index is 4.39. The van der Waals surface area contributed by atoms with E-state index in [1.54, 1.807) is 6.33 Å². The van der Waals surface area contributed by atoms with Crippen LogP contribution in [-0.4, -0.2) is 19.9 Å². The van der Waals surface area contributed by atoms with Crippen LogP contribution < -0.4 is 5.32 Å². The third kappa shape index (κ3) is 2.36. The van der Waals surface area contributed by atoms with Gasteiger partial charge in [0.15, 0.2) is 0 Å². The van der Waals surface area contributed by atoms with Crippen molar-refractivity contribution in [2.75, 3.05) is 5.32 Å². The summed E-state index contributed by atoms with van der Waals surface area (Å²) in [5.74, 6) is 1.74. The van der Waals surface area contributed by atoms with Gasteiger partial charge in [-0.05, 0) is 20.8 Å². The van der Waals surface area contributed by atoms with Crippen LogP contribution in [0.2, 0.25) is 0 Å². The first-order valence-corrected chi connectivity index (χ1v) is 5.20. The van der Waals surface area contributed by atoms with Crippen LogP contribution in [0.3, 0.4) is 0 Å². The van der Waals surface area contributed by atoms with Crippen molar-refractivity contribution in [1.29, 1.82) is 0 Å². The molecular formula is C11H15N5. The molecule has 0 saturated carbocycles. The monoisotopic (exact) mass is 217 g/mol. The first-order valence-electron chi connectivity index (χ1n) is 5.20. The van der Waals surface area contributed by atoms with Gasteiger partial charge in [-0.15, -0.1) is 0 Å². The molecule has 0 aromatic carbocycles. The number of nitrogens with one attached hydrogen (secondary N) is 2. The molecule has 2 heterocycles. The van der Waals surface area contributed by atoms with Crippen LogP contribution in [0.5, 0.6) is 0 Å². The number of rotatable bonds is 3. The second-order valence-electron chi connectivity index (χ2n) is 3.79. The van der Waals surface area contributed by atoms with Crippen molar-refractivity contribution in [3.8, 4) is 0 Å². The van der Waals surface area contributed by atoms with Crippen molar-refractivity contribution in [1.82, 2.24) is 19.9 Å². The zero-order valence-corrected chi connectivity index (χ0v) is 9.70. The summed E-state index contributed by atoms with van der Waals surface area (Å²) in [7, 11) is 0. The highest BCUT2D eigenvalue weighted by atomic mass is 15.0. The fourth-order valence-electron chi connectivity index (χ4n) is 1.43. The van der Waals surface area contributed by atoms with Crippen LogP contribution in [-0.2, 0) is 6.54 Å². The van der Waals surface area contributed by atoms with E-state index in [2.05, 4.69) is 25.3 Å². The average Bonchev–Trinajstić information content (AvgIpc) is 2.56. The summed E-state index contributed by atoms with van der Waals surface area (Å²) in [6.07, 6.45) is 1.55. The second kappa shape index (κ2) is 4.30. The molecule has 0 amide bonds. The zero-order valence-electron chi connectivity index (χ0n) is 9.70. The molecule has 0 aliphatic rings. The molecule has 0 fully saturated rings. The summed E-state index contributed by atoms with van der Waals surface area (Å²) in [6.45, 7) is 6.59. The molecule has 0 spiro atoms. The quantitative estimate of drug-likeness (QED) is 0.821. The fraction of sp³-hybridized carbons (Fsp3) is 0.364. The van der Waals surface area contributed by atoms with Gasteiger partial charge in [-0.2, -0.15) is 0 Å². The van der Waals surface area contributed by atoms with Crippen molar-refractivity contribution >= 4 is 5.82 Å². The van der Waals surface area contributed by atoms with E-state index in [1.165, 1.54) is 0 Å². The van der Waals surface area contributed by atoms with Crippen LogP contribution in [0.25, 0.3) is 0 Å². The van der Waals surface area contributed by atoms with Crippen LogP contribution in [0.1, 0.15) is 22.9 Å². The second-order valence-corrected chi connectivity index (χ2v) is 3.79. The Hall–Kier alpha value is -1.91. The number of H-pyrrole nitrogens is 1. The van der Waals surface area contributed by atoms with Gasteiger partial charge >= 0.3 is 0 Å². The summed E-state index contributed by atoms with van der Waals surface area (Å²) >= 11 is 0. The number of hydrogen-bond acceptors (Lipinski definition) is 4. The van der Waals surface area contributed by atoms with Crippen molar-refractivity contribution < 1.29 is 0 Å². The Balaban J connectivity index is 2.02. The highest BCUT2D eigenvalue weighted by Gasteiger charge is 2.02. The van der Waals surface area contributed by atoms with Gasteiger partial charge < -0.3 is 10.3 Å². The lowest BCUT2D eigenvalue weighted by Crippen LogP contribution is -2.03. The highest BCUT2D eigenvalue weighted by Crippen LogP contribution is 2.06. The molecule has 0 radical (unpaired) electrons. The van der Waals surface area contributed by atoms with Gasteiger partial charge in [-0.3, -0.25) is 0 Å². The predicted octanol–water partition coefficient (Wildman–Crippen LogP) is 1.74. The standard InChI is InChI=1S/C11H15N5/c1-7-4-10(14-6-13-7)12-5-11-15-8(2)9(3)16-11/h4,6H,5H2,1-3H3,(H,15,16)(H,12,13,14). The van der Waals surface area contributed by atoms with Gasteiger partial charge in [0, 0.05) is 17.5 Å². The van der Waals surface area contributed by atoms with Crippen molar-refractivity contribution in [3.05, 3.63) is 35.3 Å². The fourth-order valence-corrected chi connectivity index (χ4v) is 1.43. The zero-order chi connectivity index (χ0) is 11.5. The van der Waals surface area contributed by atoms with E-state index < -0.39 is 0 Å². The van der Waals surface area contributed by atoms with E-state index in [1.807, 2.05) is 26.8 Å². The number of imidazole rings is 1. The number of nitrogens with zero attached hydrogens (tertiary/aromatic N) is 3. The maximum Gasteiger partial charge on any atom is 0.129 e.